The van der Waals surface area contributed by atoms with Crippen LogP contribution >= 0.6 is 0 Å². The predicted molar refractivity (Wildman–Crippen MR) is 93.4 cm³/mol. The molecule has 26 heavy (non-hydrogen) atoms. The van der Waals surface area contributed by atoms with Crippen LogP contribution in [0.5, 0.6) is 0 Å². The Labute approximate surface area is 150 Å². The van der Waals surface area contributed by atoms with E-state index in [-0.39, 0.29) is 18.2 Å². The minimum atomic E-state index is -0.676. The summed E-state index contributed by atoms with van der Waals surface area (Å²) < 4.78 is 25.9. The molecule has 2 amide bonds. The highest BCUT2D eigenvalue weighted by atomic mass is 19.1. The monoisotopic (exact) mass is 359 g/mol. The molecule has 0 aliphatic carbocycles. The summed E-state index contributed by atoms with van der Waals surface area (Å²) in [6, 6.07) is 11.9. The molecule has 2 aromatic rings. The fourth-order valence-corrected chi connectivity index (χ4v) is 2.82. The highest BCUT2D eigenvalue weighted by Gasteiger charge is 2.25. The lowest BCUT2D eigenvalue weighted by atomic mass is 10.2. The largest absolute Gasteiger partial charge is 0.368 e. The quantitative estimate of drug-likeness (QED) is 0.852. The van der Waals surface area contributed by atoms with Crippen molar-refractivity contribution in [1.82, 2.24) is 10.2 Å². The van der Waals surface area contributed by atoms with Crippen LogP contribution in [0, 0.1) is 11.6 Å². The number of hydrogen-bond donors (Lipinski definition) is 1. The molecule has 136 valence electrons. The third-order valence-corrected chi connectivity index (χ3v) is 4.32. The third kappa shape index (κ3) is 4.36. The zero-order valence-corrected chi connectivity index (χ0v) is 14.1. The van der Waals surface area contributed by atoms with Crippen LogP contribution < -0.4 is 10.2 Å². The second kappa shape index (κ2) is 7.95. The average Bonchev–Trinajstić information content (AvgIpc) is 2.67. The maximum atomic E-state index is 13.0. The summed E-state index contributed by atoms with van der Waals surface area (Å²) in [7, 11) is 0. The zero-order chi connectivity index (χ0) is 18.5. The maximum Gasteiger partial charge on any atom is 0.312 e. The van der Waals surface area contributed by atoms with Gasteiger partial charge in [-0.15, -0.1) is 0 Å². The summed E-state index contributed by atoms with van der Waals surface area (Å²) >= 11 is 0. The highest BCUT2D eigenvalue weighted by Crippen LogP contribution is 2.17. The summed E-state index contributed by atoms with van der Waals surface area (Å²) in [6.45, 7) is 2.14. The van der Waals surface area contributed by atoms with Crippen molar-refractivity contribution in [3.8, 4) is 0 Å². The SMILES string of the molecule is O=C(NCc1ccc(F)cc1)C(=O)N1CCN(c2ccc(F)cc2)CC1. The molecular formula is C19H19F2N3O2. The van der Waals surface area contributed by atoms with Gasteiger partial charge in [0.25, 0.3) is 0 Å². The van der Waals surface area contributed by atoms with Crippen LogP contribution in [-0.2, 0) is 16.1 Å². The molecule has 3 rings (SSSR count). The van der Waals surface area contributed by atoms with Crippen LogP contribution in [0.2, 0.25) is 0 Å². The molecule has 0 saturated carbocycles. The summed E-state index contributed by atoms with van der Waals surface area (Å²) in [5, 5.41) is 2.56. The highest BCUT2D eigenvalue weighted by molar-refractivity contribution is 6.35. The van der Waals surface area contributed by atoms with Gasteiger partial charge in [-0.1, -0.05) is 12.1 Å². The molecule has 1 N–H and O–H groups in total. The Morgan fingerprint density at radius 1 is 0.846 bits per heavy atom. The van der Waals surface area contributed by atoms with Crippen molar-refractivity contribution in [2.45, 2.75) is 6.54 Å². The molecule has 1 aliphatic rings. The Balaban J connectivity index is 1.48. The molecule has 1 aliphatic heterocycles. The van der Waals surface area contributed by atoms with Gasteiger partial charge in [-0.2, -0.15) is 0 Å². The minimum absolute atomic E-state index is 0.167. The van der Waals surface area contributed by atoms with E-state index in [0.29, 0.717) is 31.7 Å². The summed E-state index contributed by atoms with van der Waals surface area (Å²) in [6.07, 6.45) is 0. The van der Waals surface area contributed by atoms with Crippen molar-refractivity contribution in [3.63, 3.8) is 0 Å². The number of nitrogens with zero attached hydrogens (tertiary/aromatic N) is 2. The Bertz CT molecular complexity index is 770. The van der Waals surface area contributed by atoms with Crippen molar-refractivity contribution in [2.75, 3.05) is 31.1 Å². The standard InChI is InChI=1S/C19H19F2N3O2/c20-15-3-1-14(2-4-15)13-22-18(25)19(26)24-11-9-23(10-12-24)17-7-5-16(21)6-8-17/h1-8H,9-13H2,(H,22,25). The number of nitrogens with one attached hydrogen (secondary N) is 1. The van der Waals surface area contributed by atoms with Gasteiger partial charge in [0.1, 0.15) is 11.6 Å². The second-order valence-electron chi connectivity index (χ2n) is 6.06. The van der Waals surface area contributed by atoms with Gasteiger partial charge in [0.15, 0.2) is 0 Å². The summed E-state index contributed by atoms with van der Waals surface area (Å²) in [5.41, 5.74) is 1.60. The van der Waals surface area contributed by atoms with Gasteiger partial charge in [0.05, 0.1) is 0 Å². The van der Waals surface area contributed by atoms with E-state index in [1.807, 2.05) is 4.90 Å². The Hall–Kier alpha value is -2.96. The van der Waals surface area contributed by atoms with E-state index in [0.717, 1.165) is 5.69 Å². The fraction of sp³-hybridized carbons (Fsp3) is 0.263. The van der Waals surface area contributed by atoms with Crippen LogP contribution in [0.4, 0.5) is 14.5 Å². The van der Waals surface area contributed by atoms with Gasteiger partial charge < -0.3 is 15.1 Å². The van der Waals surface area contributed by atoms with Gasteiger partial charge in [0, 0.05) is 38.4 Å². The lowest BCUT2D eigenvalue weighted by Gasteiger charge is -2.35. The number of piperazine rings is 1. The number of hydrogen-bond acceptors (Lipinski definition) is 3. The summed E-state index contributed by atoms with van der Waals surface area (Å²) in [5.74, 6) is -1.90. The first-order valence-electron chi connectivity index (χ1n) is 8.35. The fourth-order valence-electron chi connectivity index (χ4n) is 2.82. The van der Waals surface area contributed by atoms with Crippen LogP contribution in [0.15, 0.2) is 48.5 Å². The first-order chi connectivity index (χ1) is 12.5. The molecule has 5 nitrogen and oxygen atoms in total. The Morgan fingerprint density at radius 2 is 1.38 bits per heavy atom. The number of carbonyl (C=O) groups is 2. The molecule has 1 fully saturated rings. The molecule has 1 heterocycles. The van der Waals surface area contributed by atoms with Crippen molar-refractivity contribution >= 4 is 17.5 Å². The topological polar surface area (TPSA) is 52.7 Å². The molecule has 0 radical (unpaired) electrons. The van der Waals surface area contributed by atoms with Gasteiger partial charge in [-0.3, -0.25) is 9.59 Å². The summed E-state index contributed by atoms with van der Waals surface area (Å²) in [4.78, 5) is 27.8. The lowest BCUT2D eigenvalue weighted by molar-refractivity contribution is -0.146. The van der Waals surface area contributed by atoms with E-state index in [1.54, 1.807) is 24.3 Å². The number of halogens is 2. The van der Waals surface area contributed by atoms with E-state index in [4.69, 9.17) is 0 Å². The van der Waals surface area contributed by atoms with Crippen molar-refractivity contribution < 1.29 is 18.4 Å². The molecule has 0 aromatic heterocycles. The van der Waals surface area contributed by atoms with E-state index in [1.165, 1.54) is 29.2 Å². The van der Waals surface area contributed by atoms with Gasteiger partial charge in [0.2, 0.25) is 0 Å². The third-order valence-electron chi connectivity index (χ3n) is 4.32. The molecule has 2 aromatic carbocycles. The number of carbonyl (C=O) groups excluding carboxylic acids is 2. The zero-order valence-electron chi connectivity index (χ0n) is 14.1. The number of amides is 2. The van der Waals surface area contributed by atoms with Crippen molar-refractivity contribution in [1.29, 1.82) is 0 Å². The lowest BCUT2D eigenvalue weighted by Crippen LogP contribution is -2.52. The maximum absolute atomic E-state index is 13.0. The Morgan fingerprint density at radius 3 is 1.96 bits per heavy atom. The minimum Gasteiger partial charge on any atom is -0.368 e. The van der Waals surface area contributed by atoms with Crippen molar-refractivity contribution in [2.24, 2.45) is 0 Å². The van der Waals surface area contributed by atoms with Gasteiger partial charge in [-0.05, 0) is 42.0 Å². The van der Waals surface area contributed by atoms with E-state index in [9.17, 15) is 18.4 Å². The second-order valence-corrected chi connectivity index (χ2v) is 6.06. The molecule has 0 unspecified atom stereocenters. The van der Waals surface area contributed by atoms with Gasteiger partial charge in [-0.25, -0.2) is 8.78 Å². The predicted octanol–water partition coefficient (Wildman–Crippen LogP) is 1.93. The number of rotatable bonds is 3. The van der Waals surface area contributed by atoms with Gasteiger partial charge >= 0.3 is 11.8 Å². The van der Waals surface area contributed by atoms with Crippen LogP contribution in [0.3, 0.4) is 0 Å². The molecule has 0 bridgehead atoms. The molecule has 7 heteroatoms. The normalized spacial score (nSPS) is 14.2. The van der Waals surface area contributed by atoms with E-state index in [2.05, 4.69) is 5.32 Å². The van der Waals surface area contributed by atoms with Crippen LogP contribution in [-0.4, -0.2) is 42.9 Å². The van der Waals surface area contributed by atoms with Crippen LogP contribution in [0.1, 0.15) is 5.56 Å². The molecule has 1 saturated heterocycles. The number of anilines is 1. The molecule has 0 atom stereocenters. The first kappa shape index (κ1) is 17.8. The Kier molecular flexibility index (Phi) is 5.46. The first-order valence-corrected chi connectivity index (χ1v) is 8.35. The van der Waals surface area contributed by atoms with E-state index >= 15 is 0 Å². The van der Waals surface area contributed by atoms with Crippen LogP contribution in [0.25, 0.3) is 0 Å². The van der Waals surface area contributed by atoms with Crippen molar-refractivity contribution in [3.05, 3.63) is 65.7 Å². The molecule has 0 spiro atoms. The smallest absolute Gasteiger partial charge is 0.312 e. The molecular weight excluding hydrogens is 340 g/mol. The average molecular weight is 359 g/mol. The number of benzene rings is 2. The van der Waals surface area contributed by atoms with E-state index < -0.39 is 11.8 Å².